The normalized spacial score (nSPS) is 33.6. The summed E-state index contributed by atoms with van der Waals surface area (Å²) in [5.41, 5.74) is -0.604. The fourth-order valence-electron chi connectivity index (χ4n) is 5.36. The summed E-state index contributed by atoms with van der Waals surface area (Å²) in [6.45, 7) is 14.2. The number of carbonyl (C=O) groups excluding carboxylic acids is 3. The SMILES string of the molecule is CCC(OC(C)=O)C(C)C1OC1CC(C)C=CC=C(C)C1OC(=O)CC(O)CCC(C)(O)C(OC(C)=O)C=CC1C. The van der Waals surface area contributed by atoms with Gasteiger partial charge < -0.3 is 29.2 Å². The van der Waals surface area contributed by atoms with E-state index < -0.39 is 35.9 Å². The van der Waals surface area contributed by atoms with Crippen molar-refractivity contribution < 1.29 is 43.5 Å². The molecule has 9 nitrogen and oxygen atoms in total. The molecule has 0 bridgehead atoms. The number of aliphatic hydroxyl groups excluding tert-OH is 1. The highest BCUT2D eigenvalue weighted by molar-refractivity contribution is 5.70. The molecule has 0 aromatic carbocycles. The van der Waals surface area contributed by atoms with Crippen LogP contribution in [-0.2, 0) is 33.3 Å². The first-order chi connectivity index (χ1) is 19.1. The van der Waals surface area contributed by atoms with E-state index in [1.165, 1.54) is 13.8 Å². The van der Waals surface area contributed by atoms with Gasteiger partial charge in [0.1, 0.15) is 23.9 Å². The first-order valence-corrected chi connectivity index (χ1v) is 14.8. The number of allylic oxidation sites excluding steroid dienone is 3. The highest BCUT2D eigenvalue weighted by Crippen LogP contribution is 2.37. The lowest BCUT2D eigenvalue weighted by Crippen LogP contribution is -2.42. The van der Waals surface area contributed by atoms with Crippen LogP contribution < -0.4 is 0 Å². The largest absolute Gasteiger partial charge is 0.462 e. The number of aliphatic hydroxyl groups is 2. The van der Waals surface area contributed by atoms with Crippen LogP contribution in [0.3, 0.4) is 0 Å². The van der Waals surface area contributed by atoms with Crippen molar-refractivity contribution in [2.45, 2.75) is 130 Å². The molecule has 9 heteroatoms. The second-order valence-electron chi connectivity index (χ2n) is 12.0. The lowest BCUT2D eigenvalue weighted by atomic mass is 9.88. The van der Waals surface area contributed by atoms with E-state index in [9.17, 15) is 24.6 Å². The van der Waals surface area contributed by atoms with Crippen LogP contribution in [0.15, 0.2) is 36.0 Å². The monoisotopic (exact) mass is 578 g/mol. The van der Waals surface area contributed by atoms with E-state index in [-0.39, 0.29) is 61.3 Å². The van der Waals surface area contributed by atoms with Crippen molar-refractivity contribution >= 4 is 17.9 Å². The standard InChI is InChI=1S/C32H50O9/c1-9-26(38-23(6)33)22(5)31-27(40-31)17-19(2)11-10-12-20(3)30-21(4)13-14-28(39-24(7)34)32(8,37)16-15-25(35)18-29(36)41-30/h10-14,19,21-22,25-28,30-31,35,37H,9,15-18H2,1-8H3. The molecule has 0 amide bonds. The maximum atomic E-state index is 12.6. The van der Waals surface area contributed by atoms with E-state index in [0.717, 1.165) is 18.4 Å². The van der Waals surface area contributed by atoms with Crippen molar-refractivity contribution in [3.63, 3.8) is 0 Å². The van der Waals surface area contributed by atoms with Gasteiger partial charge in [0.05, 0.1) is 24.7 Å². The van der Waals surface area contributed by atoms with E-state index in [4.69, 9.17) is 18.9 Å². The molecule has 2 N–H and O–H groups in total. The number of epoxide rings is 1. The fourth-order valence-corrected chi connectivity index (χ4v) is 5.36. The predicted molar refractivity (Wildman–Crippen MR) is 155 cm³/mol. The summed E-state index contributed by atoms with van der Waals surface area (Å²) in [5.74, 6) is -1.26. The van der Waals surface area contributed by atoms with Crippen molar-refractivity contribution in [1.82, 2.24) is 0 Å². The van der Waals surface area contributed by atoms with Gasteiger partial charge in [-0.25, -0.2) is 0 Å². The van der Waals surface area contributed by atoms with Gasteiger partial charge in [-0.3, -0.25) is 14.4 Å². The van der Waals surface area contributed by atoms with E-state index in [1.54, 1.807) is 19.1 Å². The molecule has 0 spiro atoms. The van der Waals surface area contributed by atoms with Crippen molar-refractivity contribution in [3.8, 4) is 0 Å². The molecule has 0 aliphatic carbocycles. The summed E-state index contributed by atoms with van der Waals surface area (Å²) in [7, 11) is 0. The van der Waals surface area contributed by atoms with Crippen molar-refractivity contribution in [2.75, 3.05) is 0 Å². The minimum atomic E-state index is -1.41. The van der Waals surface area contributed by atoms with Gasteiger partial charge in [0.15, 0.2) is 0 Å². The molecule has 41 heavy (non-hydrogen) atoms. The summed E-state index contributed by atoms with van der Waals surface area (Å²) in [4.78, 5) is 35.7. The van der Waals surface area contributed by atoms with Crippen LogP contribution in [0, 0.1) is 17.8 Å². The first kappa shape index (κ1) is 34.7. The molecule has 1 fully saturated rings. The van der Waals surface area contributed by atoms with Crippen LogP contribution in [-0.4, -0.2) is 70.3 Å². The third-order valence-electron chi connectivity index (χ3n) is 7.92. The topological polar surface area (TPSA) is 132 Å². The van der Waals surface area contributed by atoms with E-state index in [2.05, 4.69) is 19.9 Å². The molecular formula is C32H50O9. The number of hydrogen-bond donors (Lipinski definition) is 2. The summed E-state index contributed by atoms with van der Waals surface area (Å²) < 4.78 is 22.5. The molecular weight excluding hydrogens is 528 g/mol. The smallest absolute Gasteiger partial charge is 0.309 e. The highest BCUT2D eigenvalue weighted by Gasteiger charge is 2.46. The summed E-state index contributed by atoms with van der Waals surface area (Å²) >= 11 is 0. The Balaban J connectivity index is 2.10. The van der Waals surface area contributed by atoms with Crippen LogP contribution in [0.25, 0.3) is 0 Å². The Bertz CT molecular complexity index is 982. The lowest BCUT2D eigenvalue weighted by molar-refractivity contribution is -0.157. The average molecular weight is 579 g/mol. The van der Waals surface area contributed by atoms with Gasteiger partial charge in [0.2, 0.25) is 0 Å². The van der Waals surface area contributed by atoms with Crippen molar-refractivity contribution in [2.24, 2.45) is 17.8 Å². The first-order valence-electron chi connectivity index (χ1n) is 14.8. The number of cyclic esters (lactones) is 1. The van der Waals surface area contributed by atoms with Gasteiger partial charge in [0, 0.05) is 25.7 Å². The number of esters is 3. The predicted octanol–water partition coefficient (Wildman–Crippen LogP) is 4.59. The van der Waals surface area contributed by atoms with E-state index in [0.29, 0.717) is 0 Å². The third kappa shape index (κ3) is 11.4. The second-order valence-corrected chi connectivity index (χ2v) is 12.0. The fraction of sp³-hybridized carbons (Fsp3) is 0.719. The Labute approximate surface area is 244 Å². The zero-order chi connectivity index (χ0) is 30.9. The zero-order valence-electron chi connectivity index (χ0n) is 25.9. The molecule has 2 aliphatic rings. The Hall–Kier alpha value is -2.49. The Morgan fingerprint density at radius 3 is 2.49 bits per heavy atom. The Morgan fingerprint density at radius 1 is 1.20 bits per heavy atom. The molecule has 1 saturated heterocycles. The number of carbonyl (C=O) groups is 3. The summed E-state index contributed by atoms with van der Waals surface area (Å²) in [6.07, 6.45) is 8.53. The Morgan fingerprint density at radius 2 is 1.88 bits per heavy atom. The summed E-state index contributed by atoms with van der Waals surface area (Å²) in [6, 6.07) is 0. The van der Waals surface area contributed by atoms with Gasteiger partial charge in [-0.1, -0.05) is 52.0 Å². The molecule has 0 radical (unpaired) electrons. The molecule has 232 valence electrons. The van der Waals surface area contributed by atoms with Crippen molar-refractivity contribution in [3.05, 3.63) is 36.0 Å². The van der Waals surface area contributed by atoms with Gasteiger partial charge in [-0.05, 0) is 57.1 Å². The second kappa shape index (κ2) is 15.7. The molecule has 0 aromatic heterocycles. The van der Waals surface area contributed by atoms with E-state index in [1.807, 2.05) is 32.9 Å². The average Bonchev–Trinajstić information content (AvgIpc) is 3.64. The molecule has 10 atom stereocenters. The van der Waals surface area contributed by atoms with E-state index >= 15 is 0 Å². The van der Waals surface area contributed by atoms with Crippen molar-refractivity contribution in [1.29, 1.82) is 0 Å². The number of hydrogen-bond acceptors (Lipinski definition) is 9. The molecule has 0 aromatic rings. The molecule has 2 aliphatic heterocycles. The van der Waals surface area contributed by atoms with Gasteiger partial charge in [-0.2, -0.15) is 0 Å². The minimum Gasteiger partial charge on any atom is -0.462 e. The molecule has 0 saturated carbocycles. The number of rotatable bonds is 10. The highest BCUT2D eigenvalue weighted by atomic mass is 16.6. The molecule has 2 rings (SSSR count). The third-order valence-corrected chi connectivity index (χ3v) is 7.92. The minimum absolute atomic E-state index is 0.0719. The van der Waals surface area contributed by atoms with Gasteiger partial charge in [-0.15, -0.1) is 0 Å². The maximum Gasteiger partial charge on any atom is 0.309 e. The quantitative estimate of drug-likeness (QED) is 0.126. The molecule has 10 unspecified atom stereocenters. The lowest BCUT2D eigenvalue weighted by Gasteiger charge is -2.32. The number of ether oxygens (including phenoxy) is 4. The van der Waals surface area contributed by atoms with Crippen LogP contribution >= 0.6 is 0 Å². The van der Waals surface area contributed by atoms with Gasteiger partial charge in [0.25, 0.3) is 0 Å². The Kier molecular flexibility index (Phi) is 13.3. The van der Waals surface area contributed by atoms with Crippen LogP contribution in [0.4, 0.5) is 0 Å². The van der Waals surface area contributed by atoms with Gasteiger partial charge >= 0.3 is 17.9 Å². The maximum absolute atomic E-state index is 12.6. The van der Waals surface area contributed by atoms with Crippen LogP contribution in [0.1, 0.15) is 87.5 Å². The molecule has 2 heterocycles. The zero-order valence-corrected chi connectivity index (χ0v) is 25.9. The summed E-state index contributed by atoms with van der Waals surface area (Å²) in [5, 5.41) is 21.3. The van der Waals surface area contributed by atoms with Crippen LogP contribution in [0.2, 0.25) is 0 Å². The van der Waals surface area contributed by atoms with Crippen LogP contribution in [0.5, 0.6) is 0 Å².